The van der Waals surface area contributed by atoms with Crippen LogP contribution < -0.4 is 5.32 Å². The van der Waals surface area contributed by atoms with Gasteiger partial charge in [0.15, 0.2) is 0 Å². The molecule has 1 aliphatic heterocycles. The number of anilines is 1. The number of amides is 1. The first kappa shape index (κ1) is 20.4. The number of aryl methyl sites for hydroxylation is 1. The van der Waals surface area contributed by atoms with Crippen molar-refractivity contribution < 1.29 is 19.4 Å². The van der Waals surface area contributed by atoms with Gasteiger partial charge < -0.3 is 15.2 Å². The maximum absolute atomic E-state index is 12.3. The Morgan fingerprint density at radius 2 is 1.82 bits per heavy atom. The molecule has 148 valence electrons. The van der Waals surface area contributed by atoms with Crippen molar-refractivity contribution >= 4 is 29.3 Å². The first-order valence-corrected chi connectivity index (χ1v) is 10.6. The van der Waals surface area contributed by atoms with Crippen LogP contribution in [-0.4, -0.2) is 35.4 Å². The number of carbonyl (C=O) groups is 2. The monoisotopic (exact) mass is 399 g/mol. The highest BCUT2D eigenvalue weighted by Gasteiger charge is 2.14. The van der Waals surface area contributed by atoms with Crippen molar-refractivity contribution in [2.75, 3.05) is 18.5 Å². The van der Waals surface area contributed by atoms with E-state index in [0.717, 1.165) is 43.1 Å². The Morgan fingerprint density at radius 3 is 2.54 bits per heavy atom. The summed E-state index contributed by atoms with van der Waals surface area (Å²) in [5.74, 6) is -0.0553. The number of thioether (sulfide) groups is 1. The molecular formula is C22H25NO4S. The molecule has 1 saturated heterocycles. The van der Waals surface area contributed by atoms with Gasteiger partial charge in [0.1, 0.15) is 0 Å². The SMILES string of the molecule is O=C(CCc1ccc(C(=O)O)cc1)Nc1cccc(CSC2CCOCC2)c1. The summed E-state index contributed by atoms with van der Waals surface area (Å²) >= 11 is 1.95. The topological polar surface area (TPSA) is 75.6 Å². The van der Waals surface area contributed by atoms with Crippen molar-refractivity contribution in [2.24, 2.45) is 0 Å². The number of carboxylic acid groups (broad SMARTS) is 1. The maximum atomic E-state index is 12.3. The lowest BCUT2D eigenvalue weighted by Crippen LogP contribution is -2.17. The third kappa shape index (κ3) is 6.39. The Balaban J connectivity index is 1.46. The molecule has 0 saturated carbocycles. The van der Waals surface area contributed by atoms with Crippen LogP contribution in [0.1, 0.15) is 40.7 Å². The Kier molecular flexibility index (Phi) is 7.51. The van der Waals surface area contributed by atoms with Crippen molar-refractivity contribution in [3.05, 3.63) is 65.2 Å². The Labute approximate surface area is 169 Å². The molecule has 1 heterocycles. The lowest BCUT2D eigenvalue weighted by Gasteiger charge is -2.21. The van der Waals surface area contributed by atoms with Gasteiger partial charge in [0.25, 0.3) is 0 Å². The van der Waals surface area contributed by atoms with E-state index in [2.05, 4.69) is 11.4 Å². The van der Waals surface area contributed by atoms with Crippen LogP contribution in [0, 0.1) is 0 Å². The van der Waals surface area contributed by atoms with Gasteiger partial charge in [-0.25, -0.2) is 4.79 Å². The minimum atomic E-state index is -0.945. The number of hydrogen-bond acceptors (Lipinski definition) is 4. The van der Waals surface area contributed by atoms with Gasteiger partial charge in [0, 0.05) is 36.3 Å². The van der Waals surface area contributed by atoms with Crippen LogP contribution in [0.3, 0.4) is 0 Å². The van der Waals surface area contributed by atoms with E-state index in [9.17, 15) is 9.59 Å². The molecule has 2 N–H and O–H groups in total. The molecule has 3 rings (SSSR count). The number of hydrogen-bond donors (Lipinski definition) is 2. The number of rotatable bonds is 8. The summed E-state index contributed by atoms with van der Waals surface area (Å²) in [6.45, 7) is 1.71. The second-order valence-corrected chi connectivity index (χ2v) is 8.16. The summed E-state index contributed by atoms with van der Waals surface area (Å²) in [5, 5.41) is 12.5. The molecule has 2 aromatic carbocycles. The normalized spacial score (nSPS) is 14.6. The molecule has 0 bridgehead atoms. The zero-order valence-electron chi connectivity index (χ0n) is 15.7. The molecule has 0 aromatic heterocycles. The first-order valence-electron chi connectivity index (χ1n) is 9.50. The van der Waals surface area contributed by atoms with Crippen molar-refractivity contribution in [3.63, 3.8) is 0 Å². The molecule has 1 aliphatic rings. The highest BCUT2D eigenvalue weighted by Crippen LogP contribution is 2.26. The lowest BCUT2D eigenvalue weighted by atomic mass is 10.1. The number of carbonyl (C=O) groups excluding carboxylic acids is 1. The largest absolute Gasteiger partial charge is 0.478 e. The third-order valence-corrected chi connectivity index (χ3v) is 6.15. The van der Waals surface area contributed by atoms with Crippen molar-refractivity contribution in [1.29, 1.82) is 0 Å². The van der Waals surface area contributed by atoms with Gasteiger partial charge in [-0.05, 0) is 54.7 Å². The predicted molar refractivity (Wildman–Crippen MR) is 112 cm³/mol. The summed E-state index contributed by atoms with van der Waals surface area (Å²) in [5.41, 5.74) is 3.22. The average molecular weight is 400 g/mol. The fraction of sp³-hybridized carbons (Fsp3) is 0.364. The Bertz CT molecular complexity index is 800. The fourth-order valence-electron chi connectivity index (χ4n) is 3.09. The number of ether oxygens (including phenoxy) is 1. The van der Waals surface area contributed by atoms with Crippen molar-refractivity contribution in [2.45, 2.75) is 36.7 Å². The molecule has 0 unspecified atom stereocenters. The second kappa shape index (κ2) is 10.3. The van der Waals surface area contributed by atoms with E-state index in [0.29, 0.717) is 18.1 Å². The molecule has 0 spiro atoms. The minimum absolute atomic E-state index is 0.0449. The molecule has 6 heteroatoms. The maximum Gasteiger partial charge on any atom is 0.335 e. The highest BCUT2D eigenvalue weighted by molar-refractivity contribution is 7.99. The van der Waals surface area contributed by atoms with Crippen LogP contribution in [0.15, 0.2) is 48.5 Å². The smallest absolute Gasteiger partial charge is 0.335 e. The quantitative estimate of drug-likeness (QED) is 0.689. The molecule has 1 amide bonds. The van der Waals surface area contributed by atoms with E-state index in [4.69, 9.17) is 9.84 Å². The van der Waals surface area contributed by atoms with Crippen LogP contribution in [0.25, 0.3) is 0 Å². The van der Waals surface area contributed by atoms with Crippen LogP contribution in [0.4, 0.5) is 5.69 Å². The van der Waals surface area contributed by atoms with Gasteiger partial charge in [0.05, 0.1) is 5.56 Å². The van der Waals surface area contributed by atoms with E-state index in [1.165, 1.54) is 5.56 Å². The zero-order chi connectivity index (χ0) is 19.8. The Morgan fingerprint density at radius 1 is 1.07 bits per heavy atom. The summed E-state index contributed by atoms with van der Waals surface area (Å²) in [6.07, 6.45) is 3.14. The highest BCUT2D eigenvalue weighted by atomic mass is 32.2. The molecule has 0 radical (unpaired) electrons. The molecule has 2 aromatic rings. The van der Waals surface area contributed by atoms with Gasteiger partial charge in [-0.15, -0.1) is 0 Å². The van der Waals surface area contributed by atoms with Crippen LogP contribution >= 0.6 is 11.8 Å². The molecule has 0 aliphatic carbocycles. The molecule has 0 atom stereocenters. The number of benzene rings is 2. The molecule has 28 heavy (non-hydrogen) atoms. The van der Waals surface area contributed by atoms with E-state index >= 15 is 0 Å². The summed E-state index contributed by atoms with van der Waals surface area (Å²) in [4.78, 5) is 23.1. The summed E-state index contributed by atoms with van der Waals surface area (Å²) < 4.78 is 5.40. The fourth-order valence-corrected chi connectivity index (χ4v) is 4.22. The molecular weight excluding hydrogens is 374 g/mol. The van der Waals surface area contributed by atoms with Crippen molar-refractivity contribution in [1.82, 2.24) is 0 Å². The van der Waals surface area contributed by atoms with Gasteiger partial charge >= 0.3 is 5.97 Å². The Hall–Kier alpha value is -2.31. The summed E-state index contributed by atoms with van der Waals surface area (Å²) in [7, 11) is 0. The zero-order valence-corrected chi connectivity index (χ0v) is 16.5. The van der Waals surface area contributed by atoms with E-state index in [1.807, 2.05) is 30.0 Å². The third-order valence-electron chi connectivity index (χ3n) is 4.71. The first-order chi connectivity index (χ1) is 13.6. The van der Waals surface area contributed by atoms with Gasteiger partial charge in [-0.1, -0.05) is 24.3 Å². The van der Waals surface area contributed by atoms with Crippen LogP contribution in [0.5, 0.6) is 0 Å². The minimum Gasteiger partial charge on any atom is -0.478 e. The van der Waals surface area contributed by atoms with Crippen molar-refractivity contribution in [3.8, 4) is 0 Å². The average Bonchev–Trinajstić information content (AvgIpc) is 2.72. The standard InChI is InChI=1S/C22H25NO4S/c24-21(9-6-16-4-7-18(8-5-16)22(25)26)23-19-3-1-2-17(14-19)15-28-20-10-12-27-13-11-20/h1-5,7-8,14,20H,6,9-13,15H2,(H,23,24)(H,25,26). The number of carboxylic acids is 1. The van der Waals surface area contributed by atoms with Gasteiger partial charge in [-0.2, -0.15) is 11.8 Å². The number of aromatic carboxylic acids is 1. The van der Waals surface area contributed by atoms with Gasteiger partial charge in [0.2, 0.25) is 5.91 Å². The van der Waals surface area contributed by atoms with E-state index < -0.39 is 5.97 Å². The predicted octanol–water partition coefficient (Wildman–Crippen LogP) is 4.37. The van der Waals surface area contributed by atoms with E-state index in [1.54, 1.807) is 24.3 Å². The van der Waals surface area contributed by atoms with Crippen LogP contribution in [-0.2, 0) is 21.7 Å². The second-order valence-electron chi connectivity index (χ2n) is 6.87. The van der Waals surface area contributed by atoms with E-state index in [-0.39, 0.29) is 11.5 Å². The lowest BCUT2D eigenvalue weighted by molar-refractivity contribution is -0.116. The van der Waals surface area contributed by atoms with Crippen LogP contribution in [0.2, 0.25) is 0 Å². The summed E-state index contributed by atoms with van der Waals surface area (Å²) in [6, 6.07) is 14.6. The number of nitrogens with one attached hydrogen (secondary N) is 1. The van der Waals surface area contributed by atoms with Gasteiger partial charge in [-0.3, -0.25) is 4.79 Å². The molecule has 1 fully saturated rings. The molecule has 5 nitrogen and oxygen atoms in total.